The van der Waals surface area contributed by atoms with E-state index in [0.29, 0.717) is 0 Å². The zero-order valence-corrected chi connectivity index (χ0v) is 14.6. The first-order valence-corrected chi connectivity index (χ1v) is 9.30. The van der Waals surface area contributed by atoms with E-state index in [1.807, 2.05) is 0 Å². The van der Waals surface area contributed by atoms with Crippen LogP contribution in [0.25, 0.3) is 0 Å². The van der Waals surface area contributed by atoms with Gasteiger partial charge in [-0.25, -0.2) is 0 Å². The van der Waals surface area contributed by atoms with Crippen LogP contribution in [0.5, 0.6) is 0 Å². The van der Waals surface area contributed by atoms with Crippen LogP contribution in [-0.2, 0) is 0 Å². The average molecular weight is 296 g/mol. The molecular formula is C18H37N3. The summed E-state index contributed by atoms with van der Waals surface area (Å²) in [7, 11) is 0. The predicted octanol–water partition coefficient (Wildman–Crippen LogP) is 3.09. The minimum atomic E-state index is 0.282. The highest BCUT2D eigenvalue weighted by molar-refractivity contribution is 4.99. The first-order valence-electron chi connectivity index (χ1n) is 9.30. The molecule has 0 aromatic heterocycles. The maximum absolute atomic E-state index is 6.31. The first kappa shape index (κ1) is 17.2. The van der Waals surface area contributed by atoms with Gasteiger partial charge in [-0.2, -0.15) is 0 Å². The summed E-state index contributed by atoms with van der Waals surface area (Å²) in [5.41, 5.74) is 6.59. The molecule has 2 aliphatic rings. The van der Waals surface area contributed by atoms with E-state index in [1.165, 1.54) is 71.1 Å². The topological polar surface area (TPSA) is 32.5 Å². The molecule has 2 rings (SSSR count). The molecule has 1 aliphatic heterocycles. The second kappa shape index (κ2) is 7.94. The molecule has 21 heavy (non-hydrogen) atoms. The molecule has 0 spiro atoms. The third-order valence-electron chi connectivity index (χ3n) is 5.76. The summed E-state index contributed by atoms with van der Waals surface area (Å²) in [4.78, 5) is 5.45. The molecule has 1 heterocycles. The number of likely N-dealkylation sites (tertiary alicyclic amines) is 1. The number of likely N-dealkylation sites (N-methyl/N-ethyl adjacent to an activating group) is 1. The Kier molecular flexibility index (Phi) is 6.51. The van der Waals surface area contributed by atoms with Gasteiger partial charge in [-0.3, -0.25) is 4.90 Å². The van der Waals surface area contributed by atoms with Gasteiger partial charge in [-0.05, 0) is 51.2 Å². The fourth-order valence-electron chi connectivity index (χ4n) is 4.65. The Labute approximate surface area is 132 Å². The van der Waals surface area contributed by atoms with E-state index in [9.17, 15) is 0 Å². The van der Waals surface area contributed by atoms with Crippen molar-refractivity contribution < 1.29 is 0 Å². The number of hydrogen-bond acceptors (Lipinski definition) is 3. The van der Waals surface area contributed by atoms with Crippen LogP contribution in [0, 0.1) is 5.92 Å². The van der Waals surface area contributed by atoms with Crippen molar-refractivity contribution in [1.82, 2.24) is 9.80 Å². The van der Waals surface area contributed by atoms with Crippen molar-refractivity contribution in [3.8, 4) is 0 Å². The van der Waals surface area contributed by atoms with Crippen molar-refractivity contribution in [3.05, 3.63) is 0 Å². The van der Waals surface area contributed by atoms with E-state index >= 15 is 0 Å². The third kappa shape index (κ3) is 4.20. The molecule has 0 atom stereocenters. The fourth-order valence-corrected chi connectivity index (χ4v) is 4.65. The van der Waals surface area contributed by atoms with Gasteiger partial charge in [0.15, 0.2) is 0 Å². The third-order valence-corrected chi connectivity index (χ3v) is 5.76. The van der Waals surface area contributed by atoms with Crippen LogP contribution in [-0.4, -0.2) is 54.1 Å². The van der Waals surface area contributed by atoms with Crippen LogP contribution in [0.2, 0.25) is 0 Å². The van der Waals surface area contributed by atoms with Crippen molar-refractivity contribution in [1.29, 1.82) is 0 Å². The van der Waals surface area contributed by atoms with Crippen LogP contribution in [0.15, 0.2) is 0 Å². The summed E-state index contributed by atoms with van der Waals surface area (Å²) in [6.07, 6.45) is 9.59. The lowest BCUT2D eigenvalue weighted by Gasteiger charge is -2.52. The largest absolute Gasteiger partial charge is 0.329 e. The van der Waals surface area contributed by atoms with Crippen molar-refractivity contribution in [3.63, 3.8) is 0 Å². The molecule has 2 N–H and O–H groups in total. The number of hydrogen-bond donors (Lipinski definition) is 1. The van der Waals surface area contributed by atoms with Crippen molar-refractivity contribution in [2.45, 2.75) is 77.3 Å². The van der Waals surface area contributed by atoms with Gasteiger partial charge in [0, 0.05) is 24.7 Å². The highest BCUT2D eigenvalue weighted by Gasteiger charge is 2.41. The van der Waals surface area contributed by atoms with Crippen LogP contribution >= 0.6 is 0 Å². The fraction of sp³-hybridized carbons (Fsp3) is 1.00. The lowest BCUT2D eigenvalue weighted by molar-refractivity contribution is -0.0123. The number of nitrogens with zero attached hydrogens (tertiary/aromatic N) is 2. The van der Waals surface area contributed by atoms with Gasteiger partial charge in [0.25, 0.3) is 0 Å². The van der Waals surface area contributed by atoms with Gasteiger partial charge in [-0.15, -0.1) is 0 Å². The van der Waals surface area contributed by atoms with Crippen LogP contribution in [0.4, 0.5) is 0 Å². The SMILES string of the molecule is CCN(C1CCCCC1)C1(CN)CCN(CC(C)C)CC1. The van der Waals surface area contributed by atoms with E-state index < -0.39 is 0 Å². The molecule has 3 heteroatoms. The lowest BCUT2D eigenvalue weighted by Crippen LogP contribution is -2.62. The zero-order valence-electron chi connectivity index (χ0n) is 14.6. The Balaban J connectivity index is 1.99. The molecule has 0 aromatic carbocycles. The molecule has 0 aromatic rings. The second-order valence-corrected chi connectivity index (χ2v) is 7.70. The summed E-state index contributed by atoms with van der Waals surface area (Å²) in [6.45, 7) is 12.7. The Morgan fingerprint density at radius 2 is 1.76 bits per heavy atom. The molecule has 2 fully saturated rings. The first-order chi connectivity index (χ1) is 10.1. The second-order valence-electron chi connectivity index (χ2n) is 7.70. The molecule has 3 nitrogen and oxygen atoms in total. The molecule has 0 amide bonds. The monoisotopic (exact) mass is 295 g/mol. The van der Waals surface area contributed by atoms with Crippen LogP contribution in [0.3, 0.4) is 0 Å². The van der Waals surface area contributed by atoms with Gasteiger partial charge < -0.3 is 10.6 Å². The van der Waals surface area contributed by atoms with Gasteiger partial charge in [0.1, 0.15) is 0 Å². The standard InChI is InChI=1S/C18H37N3/c1-4-21(17-8-6-5-7-9-17)18(15-19)10-12-20(13-11-18)14-16(2)3/h16-17H,4-15,19H2,1-3H3. The zero-order chi connectivity index (χ0) is 15.3. The molecule has 124 valence electrons. The summed E-state index contributed by atoms with van der Waals surface area (Å²) >= 11 is 0. The molecule has 1 aliphatic carbocycles. The van der Waals surface area contributed by atoms with Crippen molar-refractivity contribution in [2.24, 2.45) is 11.7 Å². The number of rotatable bonds is 6. The van der Waals surface area contributed by atoms with E-state index in [1.54, 1.807) is 0 Å². The van der Waals surface area contributed by atoms with E-state index in [2.05, 4.69) is 30.6 Å². The predicted molar refractivity (Wildman–Crippen MR) is 91.6 cm³/mol. The van der Waals surface area contributed by atoms with Gasteiger partial charge in [0.2, 0.25) is 0 Å². The Morgan fingerprint density at radius 3 is 2.24 bits per heavy atom. The lowest BCUT2D eigenvalue weighted by atomic mass is 9.81. The molecule has 1 saturated heterocycles. The highest BCUT2D eigenvalue weighted by atomic mass is 15.3. The molecular weight excluding hydrogens is 258 g/mol. The van der Waals surface area contributed by atoms with Crippen LogP contribution < -0.4 is 5.73 Å². The van der Waals surface area contributed by atoms with Gasteiger partial charge in [0.05, 0.1) is 0 Å². The van der Waals surface area contributed by atoms with E-state index in [0.717, 1.165) is 18.5 Å². The molecule has 0 unspecified atom stereocenters. The highest BCUT2D eigenvalue weighted by Crippen LogP contribution is 2.34. The summed E-state index contributed by atoms with van der Waals surface area (Å²) in [6, 6.07) is 0.795. The van der Waals surface area contributed by atoms with Crippen molar-refractivity contribution in [2.75, 3.05) is 32.7 Å². The van der Waals surface area contributed by atoms with E-state index in [4.69, 9.17) is 5.73 Å². The Morgan fingerprint density at radius 1 is 1.14 bits per heavy atom. The average Bonchev–Trinajstić information content (AvgIpc) is 2.50. The summed E-state index contributed by atoms with van der Waals surface area (Å²) < 4.78 is 0. The Hall–Kier alpha value is -0.120. The molecule has 1 saturated carbocycles. The van der Waals surface area contributed by atoms with E-state index in [-0.39, 0.29) is 5.54 Å². The van der Waals surface area contributed by atoms with Gasteiger partial charge in [-0.1, -0.05) is 40.0 Å². The van der Waals surface area contributed by atoms with Crippen molar-refractivity contribution >= 4 is 0 Å². The minimum absolute atomic E-state index is 0.282. The maximum atomic E-state index is 6.31. The number of nitrogens with two attached hydrogens (primary N) is 1. The number of piperidine rings is 1. The minimum Gasteiger partial charge on any atom is -0.329 e. The normalized spacial score (nSPS) is 24.9. The Bertz CT molecular complexity index is 289. The molecule has 0 bridgehead atoms. The smallest absolute Gasteiger partial charge is 0.0358 e. The maximum Gasteiger partial charge on any atom is 0.0358 e. The summed E-state index contributed by atoms with van der Waals surface area (Å²) in [5, 5.41) is 0. The van der Waals surface area contributed by atoms with Gasteiger partial charge >= 0.3 is 0 Å². The molecule has 0 radical (unpaired) electrons. The van der Waals surface area contributed by atoms with Crippen LogP contribution in [0.1, 0.15) is 65.7 Å². The quantitative estimate of drug-likeness (QED) is 0.817. The summed E-state index contributed by atoms with van der Waals surface area (Å²) in [5.74, 6) is 0.774.